The van der Waals surface area contributed by atoms with Crippen LogP contribution in [0.1, 0.15) is 54.0 Å². The van der Waals surface area contributed by atoms with Gasteiger partial charge in [-0.3, -0.25) is 4.79 Å². The number of carbonyl (C=O) groups is 1. The molecule has 0 aliphatic carbocycles. The second kappa shape index (κ2) is 10.2. The number of hydrogen-bond acceptors (Lipinski definition) is 4. The van der Waals surface area contributed by atoms with E-state index in [4.69, 9.17) is 4.98 Å². The van der Waals surface area contributed by atoms with Gasteiger partial charge in [-0.15, -0.1) is 0 Å². The van der Waals surface area contributed by atoms with Crippen molar-refractivity contribution in [2.24, 2.45) is 0 Å². The second-order valence-corrected chi connectivity index (χ2v) is 8.48. The quantitative estimate of drug-likeness (QED) is 0.351. The van der Waals surface area contributed by atoms with Crippen molar-refractivity contribution in [2.75, 3.05) is 6.54 Å². The Kier molecular flexibility index (Phi) is 7.10. The van der Waals surface area contributed by atoms with Crippen LogP contribution in [0.2, 0.25) is 0 Å². The number of nitrogens with zero attached hydrogens (tertiary/aromatic N) is 2. The summed E-state index contributed by atoms with van der Waals surface area (Å²) in [6.07, 6.45) is 0.938. The van der Waals surface area contributed by atoms with Gasteiger partial charge in [0.15, 0.2) is 11.4 Å². The first-order valence-electron chi connectivity index (χ1n) is 11.8. The summed E-state index contributed by atoms with van der Waals surface area (Å²) in [6.45, 7) is 4.77. The summed E-state index contributed by atoms with van der Waals surface area (Å²) in [7, 11) is 0. The van der Waals surface area contributed by atoms with Gasteiger partial charge >= 0.3 is 0 Å². The fraction of sp³-hybridized carbons (Fsp3) is 0.286. The number of rotatable bonds is 9. The zero-order chi connectivity index (χ0) is 24.1. The Morgan fingerprint density at radius 2 is 1.62 bits per heavy atom. The molecule has 176 valence electrons. The largest absolute Gasteiger partial charge is 0.391 e. The van der Waals surface area contributed by atoms with Crippen molar-refractivity contribution in [3.8, 4) is 0 Å². The number of aliphatic hydroxyl groups excluding tert-OH is 1. The van der Waals surface area contributed by atoms with E-state index in [0.29, 0.717) is 41.0 Å². The first-order chi connectivity index (χ1) is 16.5. The maximum absolute atomic E-state index is 12.7. The monoisotopic (exact) mass is 457 g/mol. The lowest BCUT2D eigenvalue weighted by Crippen LogP contribution is -2.32. The van der Waals surface area contributed by atoms with Crippen molar-refractivity contribution in [2.45, 2.75) is 44.9 Å². The molecule has 3 N–H and O–H groups in total. The van der Waals surface area contributed by atoms with E-state index in [1.165, 1.54) is 0 Å². The highest BCUT2D eigenvalue weighted by molar-refractivity contribution is 5.97. The maximum atomic E-state index is 12.7. The number of amides is 1. The third-order valence-corrected chi connectivity index (χ3v) is 6.15. The highest BCUT2D eigenvalue weighted by atomic mass is 16.3. The number of nitrogens with one attached hydrogen (secondary N) is 1. The molecule has 0 aliphatic rings. The molecule has 1 unspecified atom stereocenters. The number of aromatic nitrogens is 2. The third kappa shape index (κ3) is 4.47. The van der Waals surface area contributed by atoms with Crippen molar-refractivity contribution in [1.82, 2.24) is 14.9 Å². The minimum absolute atomic E-state index is 0.213. The first kappa shape index (κ1) is 23.7. The van der Waals surface area contributed by atoms with Crippen LogP contribution in [-0.4, -0.2) is 38.3 Å². The van der Waals surface area contributed by atoms with Crippen molar-refractivity contribution < 1.29 is 15.0 Å². The Morgan fingerprint density at radius 1 is 1.00 bits per heavy atom. The fourth-order valence-corrected chi connectivity index (χ4v) is 4.39. The van der Waals surface area contributed by atoms with Gasteiger partial charge in [0, 0.05) is 18.7 Å². The summed E-state index contributed by atoms with van der Waals surface area (Å²) in [5.41, 5.74) is 1.92. The summed E-state index contributed by atoms with van der Waals surface area (Å²) in [5, 5.41) is 25.0. The molecule has 1 atom stereocenters. The Bertz CT molecular complexity index is 1210. The number of imidazole rings is 1. The molecule has 3 aromatic carbocycles. The highest BCUT2D eigenvalue weighted by Crippen LogP contribution is 2.37. The Hall–Kier alpha value is -3.48. The summed E-state index contributed by atoms with van der Waals surface area (Å²) < 4.78 is 1.96. The molecule has 0 radical (unpaired) electrons. The molecule has 1 amide bonds. The predicted molar refractivity (Wildman–Crippen MR) is 134 cm³/mol. The zero-order valence-corrected chi connectivity index (χ0v) is 19.6. The van der Waals surface area contributed by atoms with Gasteiger partial charge in [0.25, 0.3) is 5.91 Å². The van der Waals surface area contributed by atoms with Gasteiger partial charge < -0.3 is 20.1 Å². The lowest BCUT2D eigenvalue weighted by molar-refractivity contribution is 0.0910. The number of benzene rings is 3. The van der Waals surface area contributed by atoms with Crippen LogP contribution in [0.3, 0.4) is 0 Å². The summed E-state index contributed by atoms with van der Waals surface area (Å²) in [5.74, 6) is 0.252. The molecule has 0 saturated heterocycles. The average molecular weight is 458 g/mol. The van der Waals surface area contributed by atoms with E-state index in [0.717, 1.165) is 11.9 Å². The topological polar surface area (TPSA) is 87.4 Å². The van der Waals surface area contributed by atoms with Crippen LogP contribution in [0, 0.1) is 0 Å². The van der Waals surface area contributed by atoms with Crippen molar-refractivity contribution in [1.29, 1.82) is 0 Å². The molecule has 0 saturated carbocycles. The molecule has 1 aromatic heterocycles. The van der Waals surface area contributed by atoms with Crippen LogP contribution >= 0.6 is 0 Å². The van der Waals surface area contributed by atoms with Gasteiger partial charge in [-0.2, -0.15) is 0 Å². The second-order valence-electron chi connectivity index (χ2n) is 8.48. The SMILES string of the molecule is CCCC(O)CNC(=O)c1ccc2nc(C(O)(c3ccccc3)c3ccccc3)n(CC)c2c1. The summed E-state index contributed by atoms with van der Waals surface area (Å²) >= 11 is 0. The fourth-order valence-electron chi connectivity index (χ4n) is 4.39. The third-order valence-electron chi connectivity index (χ3n) is 6.15. The highest BCUT2D eigenvalue weighted by Gasteiger charge is 2.38. The maximum Gasteiger partial charge on any atom is 0.251 e. The van der Waals surface area contributed by atoms with E-state index in [1.807, 2.05) is 79.1 Å². The lowest BCUT2D eigenvalue weighted by atomic mass is 9.85. The van der Waals surface area contributed by atoms with Gasteiger partial charge in [-0.25, -0.2) is 4.98 Å². The van der Waals surface area contributed by atoms with Crippen LogP contribution in [0.25, 0.3) is 11.0 Å². The van der Waals surface area contributed by atoms with Crippen LogP contribution in [-0.2, 0) is 12.1 Å². The molecular weight excluding hydrogens is 426 g/mol. The Labute approximate surface area is 199 Å². The smallest absolute Gasteiger partial charge is 0.251 e. The van der Waals surface area contributed by atoms with E-state index in [9.17, 15) is 15.0 Å². The minimum Gasteiger partial charge on any atom is -0.391 e. The Morgan fingerprint density at radius 3 is 2.18 bits per heavy atom. The molecule has 6 nitrogen and oxygen atoms in total. The van der Waals surface area contributed by atoms with Crippen molar-refractivity contribution in [3.63, 3.8) is 0 Å². The molecule has 4 aromatic rings. The van der Waals surface area contributed by atoms with Crippen LogP contribution in [0.5, 0.6) is 0 Å². The first-order valence-corrected chi connectivity index (χ1v) is 11.8. The average Bonchev–Trinajstić information content (AvgIpc) is 3.26. The van der Waals surface area contributed by atoms with Crippen LogP contribution in [0.15, 0.2) is 78.9 Å². The van der Waals surface area contributed by atoms with E-state index in [2.05, 4.69) is 5.32 Å². The van der Waals surface area contributed by atoms with E-state index in [-0.39, 0.29) is 12.5 Å². The van der Waals surface area contributed by atoms with Crippen molar-refractivity contribution in [3.05, 3.63) is 101 Å². The molecule has 4 rings (SSSR count). The number of carbonyl (C=O) groups excluding carboxylic acids is 1. The number of aryl methyl sites for hydroxylation is 1. The molecule has 34 heavy (non-hydrogen) atoms. The predicted octanol–water partition coefficient (Wildman–Crippen LogP) is 4.23. The van der Waals surface area contributed by atoms with E-state index < -0.39 is 11.7 Å². The molecule has 1 heterocycles. The molecule has 0 spiro atoms. The van der Waals surface area contributed by atoms with Crippen LogP contribution in [0.4, 0.5) is 0 Å². The van der Waals surface area contributed by atoms with Gasteiger partial charge in [-0.05, 0) is 42.7 Å². The van der Waals surface area contributed by atoms with Gasteiger partial charge in [0.05, 0.1) is 17.1 Å². The Balaban J connectivity index is 1.80. The van der Waals surface area contributed by atoms with Crippen LogP contribution < -0.4 is 5.32 Å². The lowest BCUT2D eigenvalue weighted by Gasteiger charge is -2.29. The summed E-state index contributed by atoms with van der Waals surface area (Å²) in [4.78, 5) is 17.6. The van der Waals surface area contributed by atoms with Gasteiger partial charge in [0.1, 0.15) is 0 Å². The van der Waals surface area contributed by atoms with Gasteiger partial charge in [-0.1, -0.05) is 74.0 Å². The standard InChI is InChI=1S/C28H31N3O3/c1-3-11-23(32)19-29-26(33)20-16-17-24-25(18-20)31(4-2)27(30-24)28(34,21-12-7-5-8-13-21)22-14-9-6-10-15-22/h5-10,12-18,23,32,34H,3-4,11,19H2,1-2H3,(H,29,33). The molecule has 0 fully saturated rings. The summed E-state index contributed by atoms with van der Waals surface area (Å²) in [6, 6.07) is 24.3. The number of fused-ring (bicyclic) bond motifs is 1. The molecule has 0 bridgehead atoms. The molecule has 6 heteroatoms. The molecular formula is C28H31N3O3. The zero-order valence-electron chi connectivity index (χ0n) is 19.6. The van der Waals surface area contributed by atoms with Gasteiger partial charge in [0.2, 0.25) is 0 Å². The van der Waals surface area contributed by atoms with Crippen molar-refractivity contribution >= 4 is 16.9 Å². The normalized spacial score (nSPS) is 12.6. The van der Waals surface area contributed by atoms with E-state index >= 15 is 0 Å². The number of hydrogen-bond donors (Lipinski definition) is 3. The van der Waals surface area contributed by atoms with E-state index in [1.54, 1.807) is 18.2 Å². The minimum atomic E-state index is -1.47. The molecule has 0 aliphatic heterocycles. The number of aliphatic hydroxyl groups is 2.